The molecule has 3 atom stereocenters. The van der Waals surface area contributed by atoms with Gasteiger partial charge in [0.25, 0.3) is 0 Å². The van der Waals surface area contributed by atoms with Crippen LogP contribution < -0.4 is 20.1 Å². The summed E-state index contributed by atoms with van der Waals surface area (Å²) < 4.78 is 11.8. The van der Waals surface area contributed by atoms with E-state index < -0.39 is 0 Å². The summed E-state index contributed by atoms with van der Waals surface area (Å²) in [6, 6.07) is 6.05. The Bertz CT molecular complexity index is 594. The van der Waals surface area contributed by atoms with Gasteiger partial charge in [-0.3, -0.25) is 0 Å². The summed E-state index contributed by atoms with van der Waals surface area (Å²) in [5.74, 6) is 3.48. The van der Waals surface area contributed by atoms with Crippen LogP contribution in [0.15, 0.2) is 18.2 Å². The fourth-order valence-electron chi connectivity index (χ4n) is 4.34. The molecule has 124 valence electrons. The van der Waals surface area contributed by atoms with Crippen molar-refractivity contribution in [3.8, 4) is 11.5 Å². The predicted molar refractivity (Wildman–Crippen MR) is 87.0 cm³/mol. The largest absolute Gasteiger partial charge is 0.493 e. The lowest BCUT2D eigenvalue weighted by Gasteiger charge is -2.27. The highest BCUT2D eigenvalue weighted by Crippen LogP contribution is 2.47. The highest BCUT2D eigenvalue weighted by atomic mass is 16.5. The Morgan fingerprint density at radius 2 is 1.91 bits per heavy atom. The first-order valence-corrected chi connectivity index (χ1v) is 8.59. The van der Waals surface area contributed by atoms with E-state index in [9.17, 15) is 4.79 Å². The molecular formula is C18H24N2O3. The van der Waals surface area contributed by atoms with Gasteiger partial charge >= 0.3 is 6.03 Å². The number of ether oxygens (including phenoxy) is 2. The molecule has 1 heterocycles. The zero-order valence-electron chi connectivity index (χ0n) is 13.5. The molecule has 1 saturated heterocycles. The van der Waals surface area contributed by atoms with Crippen LogP contribution in [0, 0.1) is 11.8 Å². The van der Waals surface area contributed by atoms with E-state index in [0.29, 0.717) is 25.1 Å². The number of hydrogen-bond donors (Lipinski definition) is 2. The Hall–Kier alpha value is -1.91. The van der Waals surface area contributed by atoms with Crippen molar-refractivity contribution in [2.24, 2.45) is 11.8 Å². The molecule has 2 bridgehead atoms. The first-order chi connectivity index (χ1) is 11.2. The molecule has 0 unspecified atom stereocenters. The molecule has 1 aromatic carbocycles. The number of benzene rings is 1. The van der Waals surface area contributed by atoms with E-state index in [-0.39, 0.29) is 11.9 Å². The second-order valence-electron chi connectivity index (χ2n) is 7.03. The van der Waals surface area contributed by atoms with Crippen LogP contribution in [0.25, 0.3) is 0 Å². The molecule has 3 fully saturated rings. The molecule has 0 radical (unpaired) electrons. The van der Waals surface area contributed by atoms with Crippen molar-refractivity contribution in [1.82, 2.24) is 10.6 Å². The standard InChI is InChI=1S/C18H24N2O3/c1-22-15-5-4-12(14-9-19-18(21)20-10-14)8-17(15)23-16-7-11-2-3-13(16)6-11/h4-5,8,11,13-14,16H,2-3,6-7,9-10H2,1H3,(H2,19,20,21)/t11-,13-,16-/m1/s1. The van der Waals surface area contributed by atoms with Gasteiger partial charge in [0.05, 0.1) is 7.11 Å². The third kappa shape index (κ3) is 2.84. The zero-order valence-corrected chi connectivity index (χ0v) is 13.5. The maximum absolute atomic E-state index is 11.2. The monoisotopic (exact) mass is 316 g/mol. The summed E-state index contributed by atoms with van der Waals surface area (Å²) in [6.07, 6.45) is 5.51. The quantitative estimate of drug-likeness (QED) is 0.898. The average Bonchev–Trinajstić information content (AvgIpc) is 3.18. The number of hydrogen-bond acceptors (Lipinski definition) is 3. The Kier molecular flexibility index (Phi) is 3.79. The lowest BCUT2D eigenvalue weighted by Crippen LogP contribution is -2.47. The molecule has 2 amide bonds. The van der Waals surface area contributed by atoms with E-state index >= 15 is 0 Å². The van der Waals surface area contributed by atoms with Crippen molar-refractivity contribution < 1.29 is 14.3 Å². The van der Waals surface area contributed by atoms with Crippen LogP contribution in [-0.4, -0.2) is 32.3 Å². The maximum atomic E-state index is 11.2. The molecule has 5 heteroatoms. The summed E-state index contributed by atoms with van der Waals surface area (Å²) in [4.78, 5) is 11.2. The van der Waals surface area contributed by atoms with Crippen LogP contribution in [0.5, 0.6) is 11.5 Å². The minimum atomic E-state index is -0.0896. The van der Waals surface area contributed by atoms with E-state index in [2.05, 4.69) is 22.8 Å². The number of urea groups is 1. The second-order valence-corrected chi connectivity index (χ2v) is 7.03. The van der Waals surface area contributed by atoms with Gasteiger partial charge in [0.2, 0.25) is 0 Å². The molecule has 5 nitrogen and oxygen atoms in total. The Labute approximate surface area is 136 Å². The molecule has 2 aliphatic carbocycles. The van der Waals surface area contributed by atoms with Crippen LogP contribution in [0.4, 0.5) is 4.79 Å². The lowest BCUT2D eigenvalue weighted by atomic mass is 9.96. The molecule has 2 saturated carbocycles. The summed E-state index contributed by atoms with van der Waals surface area (Å²) >= 11 is 0. The number of carbonyl (C=O) groups is 1. The van der Waals surface area contributed by atoms with Gasteiger partial charge in [0.15, 0.2) is 11.5 Å². The first-order valence-electron chi connectivity index (χ1n) is 8.59. The van der Waals surface area contributed by atoms with Crippen LogP contribution in [0.2, 0.25) is 0 Å². The Balaban J connectivity index is 1.52. The maximum Gasteiger partial charge on any atom is 0.314 e. The van der Waals surface area contributed by atoms with Crippen LogP contribution in [-0.2, 0) is 0 Å². The van der Waals surface area contributed by atoms with Gasteiger partial charge in [0.1, 0.15) is 6.10 Å². The molecule has 1 aliphatic heterocycles. The fraction of sp³-hybridized carbons (Fsp3) is 0.611. The zero-order chi connectivity index (χ0) is 15.8. The molecular weight excluding hydrogens is 292 g/mol. The highest BCUT2D eigenvalue weighted by molar-refractivity contribution is 5.75. The van der Waals surface area contributed by atoms with E-state index in [4.69, 9.17) is 9.47 Å². The van der Waals surface area contributed by atoms with Crippen LogP contribution in [0.1, 0.15) is 37.2 Å². The SMILES string of the molecule is COc1ccc(C2CNC(=O)NC2)cc1O[C@@H]1C[C@@H]2CC[C@@H]1C2. The molecule has 2 N–H and O–H groups in total. The minimum absolute atomic E-state index is 0.0896. The smallest absolute Gasteiger partial charge is 0.314 e. The topological polar surface area (TPSA) is 59.6 Å². The summed E-state index contributed by atoms with van der Waals surface area (Å²) in [6.45, 7) is 1.32. The Morgan fingerprint density at radius 3 is 2.57 bits per heavy atom. The predicted octanol–water partition coefficient (Wildman–Crippen LogP) is 2.66. The van der Waals surface area contributed by atoms with Crippen molar-refractivity contribution in [3.05, 3.63) is 23.8 Å². The number of rotatable bonds is 4. The van der Waals surface area contributed by atoms with E-state index in [1.807, 2.05) is 6.07 Å². The Morgan fingerprint density at radius 1 is 1.09 bits per heavy atom. The fourth-order valence-corrected chi connectivity index (χ4v) is 4.34. The first kappa shape index (κ1) is 14.7. The lowest BCUT2D eigenvalue weighted by molar-refractivity contribution is 0.133. The van der Waals surface area contributed by atoms with Crippen molar-refractivity contribution in [2.75, 3.05) is 20.2 Å². The van der Waals surface area contributed by atoms with Gasteiger partial charge in [-0.15, -0.1) is 0 Å². The molecule has 0 spiro atoms. The number of nitrogens with one attached hydrogen (secondary N) is 2. The molecule has 0 aromatic heterocycles. The average molecular weight is 316 g/mol. The normalized spacial score (nSPS) is 30.0. The third-order valence-electron chi connectivity index (χ3n) is 5.63. The molecule has 3 aliphatic rings. The van der Waals surface area contributed by atoms with Gasteiger partial charge < -0.3 is 20.1 Å². The second kappa shape index (κ2) is 5.95. The van der Waals surface area contributed by atoms with Gasteiger partial charge in [-0.1, -0.05) is 6.07 Å². The van der Waals surface area contributed by atoms with Crippen molar-refractivity contribution in [3.63, 3.8) is 0 Å². The van der Waals surface area contributed by atoms with E-state index in [1.165, 1.54) is 31.2 Å². The highest BCUT2D eigenvalue weighted by Gasteiger charge is 2.41. The number of methoxy groups -OCH3 is 1. The van der Waals surface area contributed by atoms with Crippen molar-refractivity contribution in [2.45, 2.75) is 37.7 Å². The van der Waals surface area contributed by atoms with Gasteiger partial charge in [0, 0.05) is 19.0 Å². The van der Waals surface area contributed by atoms with Gasteiger partial charge in [-0.2, -0.15) is 0 Å². The summed E-state index contributed by atoms with van der Waals surface area (Å²) in [5, 5.41) is 5.70. The van der Waals surface area contributed by atoms with Gasteiger partial charge in [-0.25, -0.2) is 4.79 Å². The van der Waals surface area contributed by atoms with Crippen LogP contribution in [0.3, 0.4) is 0 Å². The van der Waals surface area contributed by atoms with Crippen molar-refractivity contribution in [1.29, 1.82) is 0 Å². The number of fused-ring (bicyclic) bond motifs is 2. The van der Waals surface area contributed by atoms with E-state index in [0.717, 1.165) is 17.4 Å². The minimum Gasteiger partial charge on any atom is -0.493 e. The number of carbonyl (C=O) groups excluding carboxylic acids is 1. The molecule has 23 heavy (non-hydrogen) atoms. The van der Waals surface area contributed by atoms with E-state index in [1.54, 1.807) is 7.11 Å². The molecule has 4 rings (SSSR count). The summed E-state index contributed by atoms with van der Waals surface area (Å²) in [5.41, 5.74) is 1.18. The molecule has 1 aromatic rings. The number of amides is 2. The summed E-state index contributed by atoms with van der Waals surface area (Å²) in [7, 11) is 1.69. The van der Waals surface area contributed by atoms with Crippen molar-refractivity contribution >= 4 is 6.03 Å². The third-order valence-corrected chi connectivity index (χ3v) is 5.63. The van der Waals surface area contributed by atoms with Crippen LogP contribution >= 0.6 is 0 Å². The van der Waals surface area contributed by atoms with Gasteiger partial charge in [-0.05, 0) is 55.2 Å².